The Morgan fingerprint density at radius 2 is 1.84 bits per heavy atom. The van der Waals surface area contributed by atoms with E-state index in [2.05, 4.69) is 21.2 Å². The zero-order valence-electron chi connectivity index (χ0n) is 21.2. The molecule has 11 heteroatoms. The summed E-state index contributed by atoms with van der Waals surface area (Å²) in [6, 6.07) is 4.43. The van der Waals surface area contributed by atoms with Crippen molar-refractivity contribution in [3.8, 4) is 28.5 Å². The maximum Gasteiger partial charge on any atom is 0.410 e. The number of fused-ring (bicyclic) bond motifs is 3. The number of piperazine rings is 1. The first kappa shape index (κ1) is 23.0. The van der Waals surface area contributed by atoms with Crippen molar-refractivity contribution in [1.82, 2.24) is 34.3 Å². The monoisotopic (exact) mass is 497 g/mol. The van der Waals surface area contributed by atoms with Crippen LogP contribution in [0.15, 0.2) is 43.2 Å². The quantitative estimate of drug-likeness (QED) is 0.423. The van der Waals surface area contributed by atoms with Gasteiger partial charge >= 0.3 is 6.09 Å². The number of ether oxygens (including phenoxy) is 1. The Kier molecular flexibility index (Phi) is 5.15. The van der Waals surface area contributed by atoms with Crippen LogP contribution in [0.3, 0.4) is 0 Å². The molecule has 7 heterocycles. The molecule has 7 rings (SSSR count). The lowest BCUT2D eigenvalue weighted by Gasteiger charge is -2.55. The van der Waals surface area contributed by atoms with Gasteiger partial charge in [-0.3, -0.25) is 14.6 Å². The minimum Gasteiger partial charge on any atom is -0.444 e. The van der Waals surface area contributed by atoms with Crippen LogP contribution >= 0.6 is 0 Å². The molecule has 3 aliphatic rings. The summed E-state index contributed by atoms with van der Waals surface area (Å²) in [5.41, 5.74) is 3.91. The number of carbonyl (C=O) groups is 1. The van der Waals surface area contributed by atoms with Gasteiger partial charge in [0.2, 0.25) is 0 Å². The van der Waals surface area contributed by atoms with E-state index in [4.69, 9.17) is 14.7 Å². The van der Waals surface area contributed by atoms with E-state index in [0.717, 1.165) is 28.9 Å². The zero-order chi connectivity index (χ0) is 25.9. The molecule has 3 fully saturated rings. The lowest BCUT2D eigenvalue weighted by Crippen LogP contribution is -2.70. The number of nitriles is 1. The molecule has 11 nitrogen and oxygen atoms in total. The number of carbonyl (C=O) groups excluding carboxylic acids is 1. The number of anilines is 1. The Bertz CT molecular complexity index is 1530. The Labute approximate surface area is 213 Å². The molecule has 0 N–H and O–H groups in total. The van der Waals surface area contributed by atoms with Gasteiger partial charge in [0.1, 0.15) is 17.5 Å². The van der Waals surface area contributed by atoms with Crippen molar-refractivity contribution in [1.29, 1.82) is 5.26 Å². The molecule has 188 valence electrons. The maximum atomic E-state index is 12.6. The maximum absolute atomic E-state index is 12.6. The van der Waals surface area contributed by atoms with E-state index in [-0.39, 0.29) is 18.2 Å². The SMILES string of the molecule is Cn1cc(-c2cc(-c3cnc(N4CC5CC(C4)N5C(=O)OC(C)(C)C)cn3)c3c(C#N)cnn3c2)cn1. The van der Waals surface area contributed by atoms with E-state index in [1.54, 1.807) is 34.0 Å². The van der Waals surface area contributed by atoms with Crippen molar-refractivity contribution in [2.45, 2.75) is 44.9 Å². The number of amides is 1. The molecule has 0 aliphatic carbocycles. The molecule has 3 aliphatic heterocycles. The van der Waals surface area contributed by atoms with Gasteiger partial charge < -0.3 is 9.64 Å². The van der Waals surface area contributed by atoms with Crippen LogP contribution in [0, 0.1) is 11.3 Å². The number of pyridine rings is 1. The second-order valence-corrected chi connectivity index (χ2v) is 10.6. The van der Waals surface area contributed by atoms with E-state index >= 15 is 0 Å². The highest BCUT2D eigenvalue weighted by molar-refractivity contribution is 5.86. The summed E-state index contributed by atoms with van der Waals surface area (Å²) in [6.45, 7) is 7.02. The number of hydrogen-bond donors (Lipinski definition) is 0. The van der Waals surface area contributed by atoms with Crippen LogP contribution in [-0.4, -0.2) is 71.1 Å². The van der Waals surface area contributed by atoms with Gasteiger partial charge in [0.15, 0.2) is 0 Å². The lowest BCUT2D eigenvalue weighted by molar-refractivity contribution is -0.0380. The fourth-order valence-electron chi connectivity index (χ4n) is 5.16. The summed E-state index contributed by atoms with van der Waals surface area (Å²) < 4.78 is 9.02. The minimum absolute atomic E-state index is 0.107. The molecule has 2 atom stereocenters. The van der Waals surface area contributed by atoms with Gasteiger partial charge in [-0.1, -0.05) is 0 Å². The van der Waals surface area contributed by atoms with Crippen molar-refractivity contribution >= 4 is 17.4 Å². The van der Waals surface area contributed by atoms with Crippen LogP contribution in [-0.2, 0) is 11.8 Å². The van der Waals surface area contributed by atoms with Crippen molar-refractivity contribution in [2.24, 2.45) is 7.05 Å². The highest BCUT2D eigenvalue weighted by Crippen LogP contribution is 2.36. The zero-order valence-corrected chi connectivity index (χ0v) is 21.2. The van der Waals surface area contributed by atoms with Gasteiger partial charge in [0, 0.05) is 49.2 Å². The summed E-state index contributed by atoms with van der Waals surface area (Å²) >= 11 is 0. The van der Waals surface area contributed by atoms with Gasteiger partial charge in [0.05, 0.1) is 53.6 Å². The normalized spacial score (nSPS) is 19.0. The number of piperidine rings is 1. The second kappa shape index (κ2) is 8.30. The number of rotatable bonds is 3. The van der Waals surface area contributed by atoms with Crippen molar-refractivity contribution in [2.75, 3.05) is 18.0 Å². The lowest BCUT2D eigenvalue weighted by atomic mass is 9.88. The number of nitrogens with zero attached hydrogens (tertiary/aromatic N) is 9. The van der Waals surface area contributed by atoms with Gasteiger partial charge in [-0.25, -0.2) is 14.3 Å². The Hall–Kier alpha value is -4.46. The first-order chi connectivity index (χ1) is 17.7. The Balaban J connectivity index is 1.27. The standard InChI is InChI=1S/C26H27N9O2/c1-26(2,3)37-25(36)35-19-6-20(35)15-33(14-19)23-11-28-22(10-29-23)21-5-16(18-9-30-32(4)12-18)13-34-24(21)17(7-27)8-31-34/h5,8-13,19-20H,6,14-15H2,1-4H3. The molecule has 3 saturated heterocycles. The number of hydrogen-bond acceptors (Lipinski definition) is 8. The van der Waals surface area contributed by atoms with Crippen molar-refractivity contribution in [3.63, 3.8) is 0 Å². The number of aromatic nitrogens is 6. The average molecular weight is 498 g/mol. The molecule has 2 unspecified atom stereocenters. The van der Waals surface area contributed by atoms with Gasteiger partial charge in [-0.05, 0) is 33.3 Å². The molecule has 1 amide bonds. The molecule has 0 aromatic carbocycles. The van der Waals surface area contributed by atoms with Gasteiger partial charge in [-0.15, -0.1) is 0 Å². The summed E-state index contributed by atoms with van der Waals surface area (Å²) in [4.78, 5) is 26.1. The van der Waals surface area contributed by atoms with Crippen LogP contribution in [0.4, 0.5) is 10.6 Å². The molecule has 37 heavy (non-hydrogen) atoms. The first-order valence-electron chi connectivity index (χ1n) is 12.2. The first-order valence-corrected chi connectivity index (χ1v) is 12.2. The van der Waals surface area contributed by atoms with E-state index < -0.39 is 5.60 Å². The topological polar surface area (TPSA) is 117 Å². The fraction of sp³-hybridized carbons (Fsp3) is 0.385. The third kappa shape index (κ3) is 4.04. The smallest absolute Gasteiger partial charge is 0.410 e. The molecule has 0 radical (unpaired) electrons. The fourth-order valence-corrected chi connectivity index (χ4v) is 5.16. The van der Waals surface area contributed by atoms with Crippen molar-refractivity contribution in [3.05, 3.63) is 48.8 Å². The van der Waals surface area contributed by atoms with E-state index in [1.165, 1.54) is 0 Å². The van der Waals surface area contributed by atoms with Crippen LogP contribution in [0.1, 0.15) is 32.8 Å². The molecule has 0 spiro atoms. The highest BCUT2D eigenvalue weighted by Gasteiger charge is 2.49. The van der Waals surface area contributed by atoms with Crippen LogP contribution < -0.4 is 4.90 Å². The molecule has 4 aromatic rings. The van der Waals surface area contributed by atoms with Crippen LogP contribution in [0.5, 0.6) is 0 Å². The third-order valence-corrected chi connectivity index (χ3v) is 6.81. The van der Waals surface area contributed by atoms with Gasteiger partial charge in [0.25, 0.3) is 0 Å². The summed E-state index contributed by atoms with van der Waals surface area (Å²) in [7, 11) is 1.87. The molecule has 0 saturated carbocycles. The second-order valence-electron chi connectivity index (χ2n) is 10.6. The largest absolute Gasteiger partial charge is 0.444 e. The molecule has 4 aromatic heterocycles. The number of aryl methyl sites for hydroxylation is 1. The predicted molar refractivity (Wildman–Crippen MR) is 136 cm³/mol. The summed E-state index contributed by atoms with van der Waals surface area (Å²) in [5.74, 6) is 0.760. The summed E-state index contributed by atoms with van der Waals surface area (Å²) in [6.07, 6.45) is 11.4. The Morgan fingerprint density at radius 1 is 1.05 bits per heavy atom. The predicted octanol–water partition coefficient (Wildman–Crippen LogP) is 3.26. The van der Waals surface area contributed by atoms with E-state index in [1.807, 2.05) is 51.2 Å². The molecule has 2 bridgehead atoms. The summed E-state index contributed by atoms with van der Waals surface area (Å²) in [5, 5.41) is 18.3. The van der Waals surface area contributed by atoms with Gasteiger partial charge in [-0.2, -0.15) is 15.5 Å². The Morgan fingerprint density at radius 3 is 2.46 bits per heavy atom. The highest BCUT2D eigenvalue weighted by atomic mass is 16.6. The van der Waals surface area contributed by atoms with Crippen molar-refractivity contribution < 1.29 is 9.53 Å². The average Bonchev–Trinajstić information content (AvgIpc) is 3.48. The third-order valence-electron chi connectivity index (χ3n) is 6.81. The van der Waals surface area contributed by atoms with Crippen LogP contribution in [0.2, 0.25) is 0 Å². The van der Waals surface area contributed by atoms with E-state index in [0.29, 0.717) is 29.9 Å². The molecular weight excluding hydrogens is 470 g/mol. The van der Waals surface area contributed by atoms with Crippen LogP contribution in [0.25, 0.3) is 27.9 Å². The molecular formula is C26H27N9O2. The van der Waals surface area contributed by atoms with E-state index in [9.17, 15) is 10.1 Å². The minimum atomic E-state index is -0.511.